The van der Waals surface area contributed by atoms with Gasteiger partial charge in [-0.15, -0.1) is 0 Å². The number of hydrogen-bond donors (Lipinski definition) is 1. The van der Waals surface area contributed by atoms with Crippen LogP contribution in [0.3, 0.4) is 0 Å². The fourth-order valence-corrected chi connectivity index (χ4v) is 4.70. The van der Waals surface area contributed by atoms with E-state index in [4.69, 9.17) is 4.74 Å². The van der Waals surface area contributed by atoms with Gasteiger partial charge < -0.3 is 9.84 Å². The van der Waals surface area contributed by atoms with E-state index in [1.165, 1.54) is 22.3 Å². The first kappa shape index (κ1) is 19.3. The van der Waals surface area contributed by atoms with Crippen LogP contribution < -0.4 is 4.74 Å². The first-order valence-electron chi connectivity index (χ1n) is 10.3. The number of hydrogen-bond acceptors (Lipinski definition) is 2. The van der Waals surface area contributed by atoms with E-state index < -0.39 is 0 Å². The summed E-state index contributed by atoms with van der Waals surface area (Å²) in [5.74, 6) is 2.54. The number of methoxy groups -OCH3 is 1. The molecule has 3 unspecified atom stereocenters. The Morgan fingerprint density at radius 1 is 1.03 bits per heavy atom. The Morgan fingerprint density at radius 2 is 1.76 bits per heavy atom. The number of rotatable bonds is 5. The first-order valence-corrected chi connectivity index (χ1v) is 10.3. The summed E-state index contributed by atoms with van der Waals surface area (Å²) in [6.07, 6.45) is 3.89. The maximum atomic E-state index is 9.71. The highest BCUT2D eigenvalue weighted by molar-refractivity contribution is 5.48. The molecule has 0 bridgehead atoms. The second-order valence-corrected chi connectivity index (χ2v) is 8.08. The van der Waals surface area contributed by atoms with Crippen molar-refractivity contribution in [3.05, 3.63) is 101 Å². The van der Waals surface area contributed by atoms with Gasteiger partial charge in [0.15, 0.2) is 0 Å². The van der Waals surface area contributed by atoms with Crippen LogP contribution in [0.5, 0.6) is 11.5 Å². The molecule has 0 amide bonds. The summed E-state index contributed by atoms with van der Waals surface area (Å²) in [5.41, 5.74) is 6.58. The minimum Gasteiger partial charge on any atom is -0.508 e. The smallest absolute Gasteiger partial charge is 0.119 e. The molecule has 1 aliphatic carbocycles. The standard InChI is InChI=1S/C27H28O2/c1-4-19-5-7-20(8-6-19)15-26-18(2)25(21-9-12-23(28)13-10-21)16-22-11-14-24(29-3)17-27(22)26/h4-14,17-18,25-26,28H,1,15-16H2,2-3H3. The largest absolute Gasteiger partial charge is 0.508 e. The molecule has 1 N–H and O–H groups in total. The van der Waals surface area contributed by atoms with E-state index in [1.54, 1.807) is 19.2 Å². The summed E-state index contributed by atoms with van der Waals surface area (Å²) in [4.78, 5) is 0. The summed E-state index contributed by atoms with van der Waals surface area (Å²) in [6, 6.07) is 23.0. The SMILES string of the molecule is C=Cc1ccc(CC2c3cc(OC)ccc3CC(c3ccc(O)cc3)C2C)cc1. The molecule has 4 rings (SSSR count). The Balaban J connectivity index is 1.73. The van der Waals surface area contributed by atoms with E-state index in [1.807, 2.05) is 6.08 Å². The Hall–Kier alpha value is -3.00. The molecule has 0 saturated heterocycles. The number of phenols is 1. The van der Waals surface area contributed by atoms with Crippen molar-refractivity contribution in [2.75, 3.05) is 7.11 Å². The van der Waals surface area contributed by atoms with Crippen LogP contribution in [-0.4, -0.2) is 12.2 Å². The minimum absolute atomic E-state index is 0.321. The van der Waals surface area contributed by atoms with E-state index in [9.17, 15) is 5.11 Å². The van der Waals surface area contributed by atoms with E-state index >= 15 is 0 Å². The molecule has 0 radical (unpaired) electrons. The highest BCUT2D eigenvalue weighted by atomic mass is 16.5. The molecule has 3 aromatic rings. The third-order valence-electron chi connectivity index (χ3n) is 6.45. The molecular formula is C27H28O2. The Labute approximate surface area is 173 Å². The fourth-order valence-electron chi connectivity index (χ4n) is 4.70. The lowest BCUT2D eigenvalue weighted by molar-refractivity contribution is 0.345. The van der Waals surface area contributed by atoms with Crippen LogP contribution in [0.4, 0.5) is 0 Å². The zero-order valence-electron chi connectivity index (χ0n) is 17.1. The third-order valence-corrected chi connectivity index (χ3v) is 6.45. The number of benzene rings is 3. The molecular weight excluding hydrogens is 356 g/mol. The summed E-state index contributed by atoms with van der Waals surface area (Å²) in [7, 11) is 1.73. The van der Waals surface area contributed by atoms with E-state index in [0.717, 1.165) is 24.2 Å². The van der Waals surface area contributed by atoms with Crippen LogP contribution in [0.25, 0.3) is 6.08 Å². The predicted octanol–water partition coefficient (Wildman–Crippen LogP) is 6.35. The Bertz CT molecular complexity index is 986. The van der Waals surface area contributed by atoms with Gasteiger partial charge in [-0.1, -0.05) is 62.0 Å². The van der Waals surface area contributed by atoms with Crippen molar-refractivity contribution in [3.63, 3.8) is 0 Å². The van der Waals surface area contributed by atoms with E-state index in [2.05, 4.69) is 68.1 Å². The van der Waals surface area contributed by atoms with Gasteiger partial charge in [0.25, 0.3) is 0 Å². The van der Waals surface area contributed by atoms with Gasteiger partial charge >= 0.3 is 0 Å². The van der Waals surface area contributed by atoms with Gasteiger partial charge in [0.05, 0.1) is 7.11 Å². The zero-order chi connectivity index (χ0) is 20.4. The van der Waals surface area contributed by atoms with Gasteiger partial charge in [-0.25, -0.2) is 0 Å². The Morgan fingerprint density at radius 3 is 2.41 bits per heavy atom. The summed E-state index contributed by atoms with van der Waals surface area (Å²) >= 11 is 0. The van der Waals surface area contributed by atoms with Gasteiger partial charge in [0, 0.05) is 0 Å². The van der Waals surface area contributed by atoms with Crippen LogP contribution in [0.2, 0.25) is 0 Å². The molecule has 0 saturated carbocycles. The van der Waals surface area contributed by atoms with Gasteiger partial charge in [0.1, 0.15) is 11.5 Å². The molecule has 148 valence electrons. The fraction of sp³-hybridized carbons (Fsp3) is 0.259. The summed E-state index contributed by atoms with van der Waals surface area (Å²) in [6.45, 7) is 6.22. The van der Waals surface area contributed by atoms with Crippen LogP contribution in [-0.2, 0) is 12.8 Å². The number of fused-ring (bicyclic) bond motifs is 1. The number of phenolic OH excluding ortho intramolecular Hbond substituents is 1. The van der Waals surface area contributed by atoms with Crippen LogP contribution in [0.15, 0.2) is 73.3 Å². The van der Waals surface area contributed by atoms with Crippen molar-refractivity contribution in [2.24, 2.45) is 5.92 Å². The van der Waals surface area contributed by atoms with Gasteiger partial charge in [0.2, 0.25) is 0 Å². The molecule has 0 fully saturated rings. The second-order valence-electron chi connectivity index (χ2n) is 8.08. The lowest BCUT2D eigenvalue weighted by atomic mass is 9.66. The molecule has 3 aromatic carbocycles. The molecule has 1 aliphatic rings. The van der Waals surface area contributed by atoms with Gasteiger partial charge in [-0.3, -0.25) is 0 Å². The molecule has 0 spiro atoms. The molecule has 2 heteroatoms. The number of ether oxygens (including phenoxy) is 1. The highest BCUT2D eigenvalue weighted by Crippen LogP contribution is 2.46. The maximum absolute atomic E-state index is 9.71. The first-order chi connectivity index (χ1) is 14.1. The maximum Gasteiger partial charge on any atom is 0.119 e. The third kappa shape index (κ3) is 3.93. The second kappa shape index (κ2) is 8.16. The summed E-state index contributed by atoms with van der Waals surface area (Å²) < 4.78 is 5.53. The van der Waals surface area contributed by atoms with Crippen molar-refractivity contribution in [1.29, 1.82) is 0 Å². The molecule has 3 atom stereocenters. The predicted molar refractivity (Wildman–Crippen MR) is 120 cm³/mol. The van der Waals surface area contributed by atoms with Gasteiger partial charge in [-0.05, 0) is 82.7 Å². The average molecular weight is 385 g/mol. The monoisotopic (exact) mass is 384 g/mol. The number of aromatic hydroxyl groups is 1. The Kier molecular flexibility index (Phi) is 5.44. The van der Waals surface area contributed by atoms with Crippen LogP contribution in [0.1, 0.15) is 46.6 Å². The summed E-state index contributed by atoms with van der Waals surface area (Å²) in [5, 5.41) is 9.71. The zero-order valence-corrected chi connectivity index (χ0v) is 17.1. The quantitative estimate of drug-likeness (QED) is 0.556. The van der Waals surface area contributed by atoms with E-state index in [-0.39, 0.29) is 0 Å². The molecule has 0 heterocycles. The lowest BCUT2D eigenvalue weighted by Gasteiger charge is -2.38. The van der Waals surface area contributed by atoms with E-state index in [0.29, 0.717) is 23.5 Å². The highest BCUT2D eigenvalue weighted by Gasteiger charge is 2.35. The minimum atomic E-state index is 0.321. The van der Waals surface area contributed by atoms with Crippen molar-refractivity contribution >= 4 is 6.08 Å². The van der Waals surface area contributed by atoms with Crippen molar-refractivity contribution in [3.8, 4) is 11.5 Å². The lowest BCUT2D eigenvalue weighted by Crippen LogP contribution is -2.28. The van der Waals surface area contributed by atoms with Crippen molar-refractivity contribution < 1.29 is 9.84 Å². The normalized spacial score (nSPS) is 20.7. The van der Waals surface area contributed by atoms with Crippen LogP contribution >= 0.6 is 0 Å². The van der Waals surface area contributed by atoms with Crippen molar-refractivity contribution in [1.82, 2.24) is 0 Å². The van der Waals surface area contributed by atoms with Crippen LogP contribution in [0, 0.1) is 5.92 Å². The average Bonchev–Trinajstić information content (AvgIpc) is 2.76. The van der Waals surface area contributed by atoms with Gasteiger partial charge in [-0.2, -0.15) is 0 Å². The topological polar surface area (TPSA) is 29.5 Å². The van der Waals surface area contributed by atoms with Crippen molar-refractivity contribution in [2.45, 2.75) is 31.6 Å². The molecule has 29 heavy (non-hydrogen) atoms. The molecule has 2 nitrogen and oxygen atoms in total. The molecule has 0 aliphatic heterocycles. The molecule has 0 aromatic heterocycles.